The number of hydrogen-bond acceptors (Lipinski definition) is 6. The van der Waals surface area contributed by atoms with Crippen LogP contribution in [0.4, 0.5) is 0 Å². The minimum absolute atomic E-state index is 0.0502. The molecule has 0 saturated carbocycles. The molecule has 1 aromatic rings. The van der Waals surface area contributed by atoms with Gasteiger partial charge in [-0.15, -0.1) is 11.3 Å². The van der Waals surface area contributed by atoms with Crippen molar-refractivity contribution in [1.82, 2.24) is 9.88 Å². The summed E-state index contributed by atoms with van der Waals surface area (Å²) in [6.45, 7) is 9.75. The fourth-order valence-corrected chi connectivity index (χ4v) is 3.34. The van der Waals surface area contributed by atoms with E-state index in [1.54, 1.807) is 25.6 Å². The normalized spacial score (nSPS) is 21.1. The average Bonchev–Trinajstić information content (AvgIpc) is 2.95. The predicted octanol–water partition coefficient (Wildman–Crippen LogP) is 2.43. The van der Waals surface area contributed by atoms with Gasteiger partial charge in [-0.25, -0.2) is 4.98 Å². The van der Waals surface area contributed by atoms with Crippen molar-refractivity contribution in [1.29, 1.82) is 0 Å². The Morgan fingerprint density at radius 2 is 2.14 bits per heavy atom. The lowest BCUT2D eigenvalue weighted by atomic mass is 9.93. The Labute approximate surface area is 131 Å². The summed E-state index contributed by atoms with van der Waals surface area (Å²) in [6, 6.07) is 0. The summed E-state index contributed by atoms with van der Waals surface area (Å²) >= 11 is 1.69. The number of aromatic nitrogens is 1. The Kier molecular flexibility index (Phi) is 5.73. The molecule has 5 nitrogen and oxygen atoms in total. The van der Waals surface area contributed by atoms with E-state index in [0.717, 1.165) is 36.9 Å². The molecule has 6 heteroatoms. The van der Waals surface area contributed by atoms with Crippen molar-refractivity contribution in [3.05, 3.63) is 16.1 Å². The quantitative estimate of drug-likeness (QED) is 0.781. The Hall–Kier alpha value is -0.530. The topological polar surface area (TPSA) is 43.8 Å². The van der Waals surface area contributed by atoms with E-state index in [4.69, 9.17) is 19.2 Å². The molecule has 0 radical (unpaired) electrons. The van der Waals surface area contributed by atoms with E-state index in [1.807, 2.05) is 0 Å². The lowest BCUT2D eigenvalue weighted by Crippen LogP contribution is -2.43. The molecule has 0 N–H and O–H groups in total. The van der Waals surface area contributed by atoms with Gasteiger partial charge in [0.15, 0.2) is 6.29 Å². The second-order valence-corrected chi connectivity index (χ2v) is 7.23. The van der Waals surface area contributed by atoms with E-state index >= 15 is 0 Å². The smallest absolute Gasteiger partial charge is 0.169 e. The molecule has 0 bridgehead atoms. The van der Waals surface area contributed by atoms with Gasteiger partial charge in [0, 0.05) is 44.6 Å². The van der Waals surface area contributed by atoms with E-state index < -0.39 is 0 Å². The van der Waals surface area contributed by atoms with Gasteiger partial charge in [0.25, 0.3) is 0 Å². The average molecular weight is 314 g/mol. The third-order valence-corrected chi connectivity index (χ3v) is 4.59. The Balaban J connectivity index is 1.99. The van der Waals surface area contributed by atoms with E-state index in [2.05, 4.69) is 31.1 Å². The maximum absolute atomic E-state index is 5.89. The first-order chi connectivity index (χ1) is 9.94. The number of rotatable bonds is 5. The van der Waals surface area contributed by atoms with Crippen molar-refractivity contribution in [2.75, 3.05) is 40.5 Å². The molecule has 1 fully saturated rings. The van der Waals surface area contributed by atoms with Crippen LogP contribution in [-0.2, 0) is 19.6 Å². The zero-order valence-corrected chi connectivity index (χ0v) is 14.4. The zero-order chi connectivity index (χ0) is 15.5. The second-order valence-electron chi connectivity index (χ2n) is 6.34. The molecule has 1 aliphatic rings. The van der Waals surface area contributed by atoms with Gasteiger partial charge in [-0.05, 0) is 0 Å². The van der Waals surface area contributed by atoms with Crippen LogP contribution in [0, 0.1) is 0 Å². The zero-order valence-electron chi connectivity index (χ0n) is 13.6. The molecule has 1 aliphatic heterocycles. The minimum Gasteiger partial charge on any atom is -0.368 e. The molecule has 21 heavy (non-hydrogen) atoms. The number of methoxy groups -OCH3 is 2. The van der Waals surface area contributed by atoms with Gasteiger partial charge in [0.1, 0.15) is 11.1 Å². The van der Waals surface area contributed by atoms with Gasteiger partial charge in [-0.1, -0.05) is 20.8 Å². The van der Waals surface area contributed by atoms with E-state index in [-0.39, 0.29) is 17.8 Å². The largest absolute Gasteiger partial charge is 0.368 e. The van der Waals surface area contributed by atoms with Gasteiger partial charge in [-0.2, -0.15) is 0 Å². The first-order valence-corrected chi connectivity index (χ1v) is 8.17. The van der Waals surface area contributed by atoms with Gasteiger partial charge < -0.3 is 14.2 Å². The molecular weight excluding hydrogens is 288 g/mol. The van der Waals surface area contributed by atoms with Crippen molar-refractivity contribution in [3.63, 3.8) is 0 Å². The summed E-state index contributed by atoms with van der Waals surface area (Å²) < 4.78 is 16.4. The highest BCUT2D eigenvalue weighted by Crippen LogP contribution is 2.30. The fourth-order valence-electron chi connectivity index (χ4n) is 2.25. The number of thiazole rings is 1. The molecule has 0 aromatic carbocycles. The molecule has 1 unspecified atom stereocenters. The minimum atomic E-state index is -0.190. The Morgan fingerprint density at radius 3 is 2.71 bits per heavy atom. The van der Waals surface area contributed by atoms with Gasteiger partial charge in [-0.3, -0.25) is 4.90 Å². The first kappa shape index (κ1) is 16.8. The van der Waals surface area contributed by atoms with Crippen LogP contribution < -0.4 is 0 Å². The highest BCUT2D eigenvalue weighted by molar-refractivity contribution is 7.09. The molecule has 2 rings (SSSR count). The molecule has 0 aliphatic carbocycles. The van der Waals surface area contributed by atoms with Crippen LogP contribution >= 0.6 is 11.3 Å². The Bertz CT molecular complexity index is 440. The number of nitrogens with zero attached hydrogens (tertiary/aromatic N) is 2. The number of morpholine rings is 1. The second kappa shape index (κ2) is 7.15. The van der Waals surface area contributed by atoms with Crippen LogP contribution in [0.25, 0.3) is 0 Å². The van der Waals surface area contributed by atoms with Gasteiger partial charge in [0.05, 0.1) is 12.3 Å². The molecule has 120 valence electrons. The highest BCUT2D eigenvalue weighted by Gasteiger charge is 2.27. The van der Waals surface area contributed by atoms with Crippen molar-refractivity contribution >= 4 is 11.3 Å². The van der Waals surface area contributed by atoms with Crippen LogP contribution in [0.2, 0.25) is 0 Å². The fraction of sp³-hybridized carbons (Fsp3) is 0.800. The summed E-state index contributed by atoms with van der Waals surface area (Å²) in [5.41, 5.74) is 1.22. The SMILES string of the molecule is COC(CN1CCOC(c2nc(C(C)(C)C)cs2)C1)OC. The summed E-state index contributed by atoms with van der Waals surface area (Å²) in [6.07, 6.45) is -0.139. The maximum atomic E-state index is 5.89. The van der Waals surface area contributed by atoms with Gasteiger partial charge in [0.2, 0.25) is 0 Å². The van der Waals surface area contributed by atoms with Crippen molar-refractivity contribution in [2.45, 2.75) is 38.6 Å². The van der Waals surface area contributed by atoms with E-state index in [0.29, 0.717) is 0 Å². The molecule has 2 heterocycles. The third-order valence-electron chi connectivity index (χ3n) is 3.65. The summed E-state index contributed by atoms with van der Waals surface area (Å²) in [7, 11) is 3.34. The lowest BCUT2D eigenvalue weighted by molar-refractivity contribution is -0.131. The van der Waals surface area contributed by atoms with E-state index in [9.17, 15) is 0 Å². The molecular formula is C15H26N2O3S. The summed E-state index contributed by atoms with van der Waals surface area (Å²) in [5, 5.41) is 3.21. The predicted molar refractivity (Wildman–Crippen MR) is 83.8 cm³/mol. The van der Waals surface area contributed by atoms with Crippen LogP contribution in [0.3, 0.4) is 0 Å². The van der Waals surface area contributed by atoms with Crippen molar-refractivity contribution in [2.24, 2.45) is 0 Å². The molecule has 0 spiro atoms. The first-order valence-electron chi connectivity index (χ1n) is 7.29. The molecule has 1 atom stereocenters. The maximum Gasteiger partial charge on any atom is 0.169 e. The van der Waals surface area contributed by atoms with Crippen LogP contribution in [0.1, 0.15) is 37.6 Å². The summed E-state index contributed by atoms with van der Waals surface area (Å²) in [5.74, 6) is 0. The lowest BCUT2D eigenvalue weighted by Gasteiger charge is -2.33. The molecule has 0 amide bonds. The standard InChI is InChI=1S/C15H26N2O3S/c1-15(2,3)12-10-21-14(16-12)11-8-17(6-7-20-11)9-13(18-4)19-5/h10-11,13H,6-9H2,1-5H3. The van der Waals surface area contributed by atoms with Crippen LogP contribution in [-0.4, -0.2) is 56.6 Å². The highest BCUT2D eigenvalue weighted by atomic mass is 32.1. The van der Waals surface area contributed by atoms with Gasteiger partial charge >= 0.3 is 0 Å². The van der Waals surface area contributed by atoms with E-state index in [1.165, 1.54) is 0 Å². The number of ether oxygens (including phenoxy) is 3. The van der Waals surface area contributed by atoms with Crippen LogP contribution in [0.15, 0.2) is 5.38 Å². The van der Waals surface area contributed by atoms with Crippen LogP contribution in [0.5, 0.6) is 0 Å². The molecule has 1 aromatic heterocycles. The Morgan fingerprint density at radius 1 is 1.43 bits per heavy atom. The number of hydrogen-bond donors (Lipinski definition) is 0. The summed E-state index contributed by atoms with van der Waals surface area (Å²) in [4.78, 5) is 7.07. The molecule has 1 saturated heterocycles. The monoisotopic (exact) mass is 314 g/mol. The van der Waals surface area contributed by atoms with Crippen molar-refractivity contribution < 1.29 is 14.2 Å². The van der Waals surface area contributed by atoms with Crippen molar-refractivity contribution in [3.8, 4) is 0 Å². The third kappa shape index (κ3) is 4.47.